The highest BCUT2D eigenvalue weighted by molar-refractivity contribution is 5.73. The molecule has 0 rings (SSSR count). The van der Waals surface area contributed by atoms with Crippen LogP contribution in [0.2, 0.25) is 0 Å². The normalized spacial score (nSPS) is 12.2. The fourth-order valence-electron chi connectivity index (χ4n) is 1.11. The van der Waals surface area contributed by atoms with Gasteiger partial charge in [-0.3, -0.25) is 0 Å². The highest BCUT2D eigenvalue weighted by atomic mass is 16.2. The van der Waals surface area contributed by atoms with Gasteiger partial charge in [0.1, 0.15) is 0 Å². The molecule has 78 valence electrons. The van der Waals surface area contributed by atoms with Crippen LogP contribution < -0.4 is 10.6 Å². The summed E-state index contributed by atoms with van der Waals surface area (Å²) in [5.74, 6) is 0.819. The van der Waals surface area contributed by atoms with Crippen LogP contribution in [-0.4, -0.2) is 19.6 Å². The lowest BCUT2D eigenvalue weighted by Crippen LogP contribution is -2.33. The molecule has 2 amide bonds. The summed E-state index contributed by atoms with van der Waals surface area (Å²) in [7, 11) is 1.63. The van der Waals surface area contributed by atoms with Crippen molar-refractivity contribution < 1.29 is 4.79 Å². The maximum absolute atomic E-state index is 10.7. The van der Waals surface area contributed by atoms with Crippen LogP contribution in [0, 0.1) is 5.92 Å². The van der Waals surface area contributed by atoms with Crippen molar-refractivity contribution in [3.63, 3.8) is 0 Å². The third-order valence-corrected chi connectivity index (χ3v) is 2.33. The van der Waals surface area contributed by atoms with E-state index in [0.717, 1.165) is 18.9 Å². The summed E-state index contributed by atoms with van der Waals surface area (Å²) < 4.78 is 0. The molecule has 0 saturated heterocycles. The van der Waals surface area contributed by atoms with E-state index in [-0.39, 0.29) is 6.03 Å². The Hall–Kier alpha value is -0.730. The van der Waals surface area contributed by atoms with Crippen molar-refractivity contribution in [2.45, 2.75) is 39.5 Å². The summed E-state index contributed by atoms with van der Waals surface area (Å²) in [6.45, 7) is 5.27. The quantitative estimate of drug-likeness (QED) is 0.613. The van der Waals surface area contributed by atoms with Crippen LogP contribution in [0.4, 0.5) is 4.79 Å². The van der Waals surface area contributed by atoms with Crippen LogP contribution in [0.25, 0.3) is 0 Å². The molecule has 3 heteroatoms. The highest BCUT2D eigenvalue weighted by Gasteiger charge is 1.98. The molecule has 0 aromatic heterocycles. The monoisotopic (exact) mass is 186 g/mol. The van der Waals surface area contributed by atoms with Gasteiger partial charge in [0, 0.05) is 13.6 Å². The first kappa shape index (κ1) is 12.3. The molecule has 0 aliphatic rings. The van der Waals surface area contributed by atoms with Crippen LogP contribution in [0.1, 0.15) is 39.5 Å². The number of rotatable bonds is 6. The van der Waals surface area contributed by atoms with Gasteiger partial charge < -0.3 is 10.6 Å². The SMILES string of the molecule is CCC(C)CCCCNC(=O)NC. The minimum absolute atomic E-state index is 0.0801. The Morgan fingerprint density at radius 2 is 2.08 bits per heavy atom. The largest absolute Gasteiger partial charge is 0.341 e. The first-order valence-electron chi connectivity index (χ1n) is 5.16. The van der Waals surface area contributed by atoms with Crippen molar-refractivity contribution in [1.29, 1.82) is 0 Å². The molecular formula is C10H22N2O. The molecule has 3 nitrogen and oxygen atoms in total. The topological polar surface area (TPSA) is 41.1 Å². The zero-order valence-corrected chi connectivity index (χ0v) is 9.02. The van der Waals surface area contributed by atoms with Gasteiger partial charge in [0.25, 0.3) is 0 Å². The van der Waals surface area contributed by atoms with Crippen LogP contribution in [0.5, 0.6) is 0 Å². The Bertz CT molecular complexity index is 137. The molecule has 0 aliphatic heterocycles. The minimum Gasteiger partial charge on any atom is -0.341 e. The molecule has 0 aliphatic carbocycles. The van der Waals surface area contributed by atoms with Gasteiger partial charge in [-0.2, -0.15) is 0 Å². The van der Waals surface area contributed by atoms with Crippen molar-refractivity contribution in [1.82, 2.24) is 10.6 Å². The summed E-state index contributed by atoms with van der Waals surface area (Å²) in [6.07, 6.45) is 4.81. The van der Waals surface area contributed by atoms with E-state index in [9.17, 15) is 4.79 Å². The Kier molecular flexibility index (Phi) is 7.45. The summed E-state index contributed by atoms with van der Waals surface area (Å²) in [5.41, 5.74) is 0. The predicted molar refractivity (Wildman–Crippen MR) is 55.8 cm³/mol. The number of carbonyl (C=O) groups excluding carboxylic acids is 1. The summed E-state index contributed by atoms with van der Waals surface area (Å²) in [6, 6.07) is -0.0801. The van der Waals surface area contributed by atoms with Crippen LogP contribution in [0.15, 0.2) is 0 Å². The molecule has 0 spiro atoms. The summed E-state index contributed by atoms with van der Waals surface area (Å²) in [4.78, 5) is 10.7. The second-order valence-electron chi connectivity index (χ2n) is 3.52. The van der Waals surface area contributed by atoms with E-state index in [2.05, 4.69) is 24.5 Å². The standard InChI is InChI=1S/C10H22N2O/c1-4-9(2)7-5-6-8-12-10(13)11-3/h9H,4-8H2,1-3H3,(H2,11,12,13). The van der Waals surface area contributed by atoms with Crippen molar-refractivity contribution >= 4 is 6.03 Å². The molecular weight excluding hydrogens is 164 g/mol. The van der Waals surface area contributed by atoms with E-state index in [1.165, 1.54) is 19.3 Å². The number of carbonyl (C=O) groups is 1. The average molecular weight is 186 g/mol. The first-order valence-corrected chi connectivity index (χ1v) is 5.16. The van der Waals surface area contributed by atoms with Gasteiger partial charge in [0.15, 0.2) is 0 Å². The van der Waals surface area contributed by atoms with Gasteiger partial charge in [-0.25, -0.2) is 4.79 Å². The predicted octanol–water partition coefficient (Wildman–Crippen LogP) is 2.13. The maximum Gasteiger partial charge on any atom is 0.314 e. The zero-order chi connectivity index (χ0) is 10.1. The van der Waals surface area contributed by atoms with Gasteiger partial charge in [-0.1, -0.05) is 33.1 Å². The zero-order valence-electron chi connectivity index (χ0n) is 9.02. The van der Waals surface area contributed by atoms with Crippen molar-refractivity contribution in [2.24, 2.45) is 5.92 Å². The maximum atomic E-state index is 10.7. The van der Waals surface area contributed by atoms with Crippen molar-refractivity contribution in [3.05, 3.63) is 0 Å². The smallest absolute Gasteiger partial charge is 0.314 e. The lowest BCUT2D eigenvalue weighted by atomic mass is 10.0. The third kappa shape index (κ3) is 7.62. The van der Waals surface area contributed by atoms with E-state index in [1.807, 2.05) is 0 Å². The number of hydrogen-bond donors (Lipinski definition) is 2. The molecule has 13 heavy (non-hydrogen) atoms. The Labute approximate surface area is 81.3 Å². The molecule has 0 aromatic rings. The molecule has 1 atom stereocenters. The molecule has 0 bridgehead atoms. The molecule has 0 saturated carbocycles. The molecule has 2 N–H and O–H groups in total. The van der Waals surface area contributed by atoms with Crippen LogP contribution in [0.3, 0.4) is 0 Å². The van der Waals surface area contributed by atoms with Gasteiger partial charge in [0.05, 0.1) is 0 Å². The van der Waals surface area contributed by atoms with E-state index in [1.54, 1.807) is 7.05 Å². The Balaban J connectivity index is 3.12. The van der Waals surface area contributed by atoms with Gasteiger partial charge >= 0.3 is 6.03 Å². The fourth-order valence-corrected chi connectivity index (χ4v) is 1.11. The van der Waals surface area contributed by atoms with E-state index in [4.69, 9.17) is 0 Å². The van der Waals surface area contributed by atoms with Crippen molar-refractivity contribution in [3.8, 4) is 0 Å². The third-order valence-electron chi connectivity index (χ3n) is 2.33. The molecule has 1 unspecified atom stereocenters. The van der Waals surface area contributed by atoms with E-state index < -0.39 is 0 Å². The molecule has 0 aromatic carbocycles. The average Bonchev–Trinajstić information content (AvgIpc) is 2.16. The number of nitrogens with one attached hydrogen (secondary N) is 2. The minimum atomic E-state index is -0.0801. The lowest BCUT2D eigenvalue weighted by Gasteiger charge is -2.08. The summed E-state index contributed by atoms with van der Waals surface area (Å²) >= 11 is 0. The highest BCUT2D eigenvalue weighted by Crippen LogP contribution is 2.10. The van der Waals surface area contributed by atoms with Gasteiger partial charge in [0.2, 0.25) is 0 Å². The van der Waals surface area contributed by atoms with Crippen LogP contribution in [-0.2, 0) is 0 Å². The van der Waals surface area contributed by atoms with Gasteiger partial charge in [-0.05, 0) is 12.3 Å². The number of urea groups is 1. The second-order valence-corrected chi connectivity index (χ2v) is 3.52. The van der Waals surface area contributed by atoms with E-state index in [0.29, 0.717) is 0 Å². The van der Waals surface area contributed by atoms with Crippen LogP contribution >= 0.6 is 0 Å². The molecule has 0 radical (unpaired) electrons. The van der Waals surface area contributed by atoms with Gasteiger partial charge in [-0.15, -0.1) is 0 Å². The Morgan fingerprint density at radius 3 is 2.62 bits per heavy atom. The summed E-state index contributed by atoms with van der Waals surface area (Å²) in [5, 5.41) is 5.30. The molecule has 0 fully saturated rings. The molecule has 0 heterocycles. The number of amides is 2. The Morgan fingerprint density at radius 1 is 1.38 bits per heavy atom. The van der Waals surface area contributed by atoms with E-state index >= 15 is 0 Å². The first-order chi connectivity index (χ1) is 6.20. The number of unbranched alkanes of at least 4 members (excludes halogenated alkanes) is 1. The van der Waals surface area contributed by atoms with Crippen molar-refractivity contribution in [2.75, 3.05) is 13.6 Å². The second kappa shape index (κ2) is 7.90. The lowest BCUT2D eigenvalue weighted by molar-refractivity contribution is 0.242. The number of hydrogen-bond acceptors (Lipinski definition) is 1. The fraction of sp³-hybridized carbons (Fsp3) is 0.900.